The minimum Gasteiger partial charge on any atom is -0.444 e. The van der Waals surface area contributed by atoms with Crippen LogP contribution in [0.1, 0.15) is 67.3 Å². The zero-order valence-corrected chi connectivity index (χ0v) is 25.3. The Balaban J connectivity index is 2.13. The van der Waals surface area contributed by atoms with Crippen molar-refractivity contribution in [3.63, 3.8) is 0 Å². The summed E-state index contributed by atoms with van der Waals surface area (Å²) < 4.78 is 43.7. The average molecular weight is 619 g/mol. The standard InChI is InChI=1S/C25H36ClFN6O9/c1-23(2,3)41-21(36)32-20-30-14-11(9-25(7,8)40-19(28)35)29-18(26)31-16(14)33(20)17-13(27)15(12(10-34)38-17)39-22(37)42-24(4,5)6/h12-13,15,17,34H,9-10H2,1-8H3,(H2,28,35)(H,30,32,36)/t12-,13+,15-,17-/m1/s1. The van der Waals surface area contributed by atoms with Crippen molar-refractivity contribution in [2.45, 2.75) is 103 Å². The number of nitrogens with two attached hydrogens (primary N) is 1. The molecule has 4 N–H and O–H groups in total. The molecule has 1 saturated heterocycles. The molecular formula is C25H36ClFN6O9. The Labute approximate surface area is 246 Å². The van der Waals surface area contributed by atoms with Crippen molar-refractivity contribution in [1.82, 2.24) is 19.5 Å². The number of aliphatic hydroxyl groups is 1. The topological polar surface area (TPSA) is 199 Å². The quantitative estimate of drug-likeness (QED) is 0.231. The number of carbonyl (C=O) groups is 3. The number of alkyl halides is 1. The number of halogens is 2. The van der Waals surface area contributed by atoms with E-state index < -0.39 is 66.4 Å². The zero-order chi connectivity index (χ0) is 31.8. The highest BCUT2D eigenvalue weighted by molar-refractivity contribution is 6.28. The first kappa shape index (κ1) is 33.0. The van der Waals surface area contributed by atoms with Gasteiger partial charge < -0.3 is 34.5 Å². The van der Waals surface area contributed by atoms with Crippen LogP contribution in [0.2, 0.25) is 5.28 Å². The SMILES string of the molecule is CC(C)(C)OC(=O)Nc1nc2c(CC(C)(C)OC(N)=O)nc(Cl)nc2n1[C@@H]1O[C@H](CO)[C@@H](OC(=O)OC(C)(C)C)[C@@H]1F. The van der Waals surface area contributed by atoms with E-state index in [1.54, 1.807) is 55.4 Å². The molecule has 3 heterocycles. The van der Waals surface area contributed by atoms with Gasteiger partial charge in [-0.15, -0.1) is 0 Å². The summed E-state index contributed by atoms with van der Waals surface area (Å²) in [5.41, 5.74) is 2.29. The van der Waals surface area contributed by atoms with E-state index in [1.165, 1.54) is 0 Å². The number of aromatic nitrogens is 4. The molecule has 0 aliphatic carbocycles. The van der Waals surface area contributed by atoms with Crippen LogP contribution >= 0.6 is 11.6 Å². The zero-order valence-electron chi connectivity index (χ0n) is 24.6. The third-order valence-corrected chi connectivity index (χ3v) is 5.66. The number of hydrogen-bond acceptors (Lipinski definition) is 12. The van der Waals surface area contributed by atoms with E-state index in [0.29, 0.717) is 0 Å². The van der Waals surface area contributed by atoms with E-state index in [2.05, 4.69) is 20.3 Å². The van der Waals surface area contributed by atoms with Gasteiger partial charge in [0.2, 0.25) is 11.2 Å². The Kier molecular flexibility index (Phi) is 9.44. The molecule has 15 nitrogen and oxygen atoms in total. The Morgan fingerprint density at radius 3 is 2.21 bits per heavy atom. The minimum absolute atomic E-state index is 0.0412. The van der Waals surface area contributed by atoms with Crippen LogP contribution in [0.4, 0.5) is 24.7 Å². The van der Waals surface area contributed by atoms with Gasteiger partial charge in [-0.3, -0.25) is 9.88 Å². The van der Waals surface area contributed by atoms with Gasteiger partial charge in [-0.2, -0.15) is 4.98 Å². The van der Waals surface area contributed by atoms with Crippen LogP contribution in [-0.2, 0) is 30.1 Å². The molecule has 42 heavy (non-hydrogen) atoms. The number of nitrogens with zero attached hydrogens (tertiary/aromatic N) is 4. The first-order chi connectivity index (χ1) is 19.2. The molecular weight excluding hydrogens is 583 g/mol. The van der Waals surface area contributed by atoms with Crippen molar-refractivity contribution < 1.29 is 47.6 Å². The van der Waals surface area contributed by atoms with Gasteiger partial charge in [0.25, 0.3) is 0 Å². The Morgan fingerprint density at radius 1 is 1.05 bits per heavy atom. The molecule has 4 atom stereocenters. The van der Waals surface area contributed by atoms with Crippen LogP contribution in [0.5, 0.6) is 0 Å². The second-order valence-electron chi connectivity index (χ2n) is 12.1. The number of nitrogens with one attached hydrogen (secondary N) is 1. The van der Waals surface area contributed by atoms with Gasteiger partial charge >= 0.3 is 18.3 Å². The monoisotopic (exact) mass is 618 g/mol. The van der Waals surface area contributed by atoms with Gasteiger partial charge in [0.15, 0.2) is 24.2 Å². The van der Waals surface area contributed by atoms with Gasteiger partial charge in [0, 0.05) is 6.42 Å². The number of primary amides is 1. The first-order valence-corrected chi connectivity index (χ1v) is 13.3. The van der Waals surface area contributed by atoms with Gasteiger partial charge in [-0.05, 0) is 67.0 Å². The maximum absolute atomic E-state index is 16.1. The highest BCUT2D eigenvalue weighted by atomic mass is 35.5. The number of amides is 2. The van der Waals surface area contributed by atoms with Gasteiger partial charge in [-0.25, -0.2) is 28.7 Å². The van der Waals surface area contributed by atoms with E-state index in [0.717, 1.165) is 4.57 Å². The van der Waals surface area contributed by atoms with E-state index in [4.69, 9.17) is 41.0 Å². The minimum atomic E-state index is -2.11. The molecule has 2 amide bonds. The molecule has 0 unspecified atom stereocenters. The van der Waals surface area contributed by atoms with Gasteiger partial charge in [0.05, 0.1) is 12.3 Å². The summed E-state index contributed by atoms with van der Waals surface area (Å²) in [4.78, 5) is 49.3. The third-order valence-electron chi connectivity index (χ3n) is 5.49. The highest BCUT2D eigenvalue weighted by Gasteiger charge is 2.50. The molecule has 0 aromatic carbocycles. The van der Waals surface area contributed by atoms with E-state index in [1.807, 2.05) is 0 Å². The summed E-state index contributed by atoms with van der Waals surface area (Å²) >= 11 is 6.22. The second kappa shape index (κ2) is 12.0. The second-order valence-corrected chi connectivity index (χ2v) is 12.5. The summed E-state index contributed by atoms with van der Waals surface area (Å²) in [6.45, 7) is 12.1. The Bertz CT molecular complexity index is 1340. The average Bonchev–Trinajstić information content (AvgIpc) is 3.26. The smallest absolute Gasteiger partial charge is 0.444 e. The third kappa shape index (κ3) is 8.29. The van der Waals surface area contributed by atoms with Crippen molar-refractivity contribution in [3.05, 3.63) is 11.0 Å². The number of hydrogen-bond donors (Lipinski definition) is 3. The molecule has 0 bridgehead atoms. The van der Waals surface area contributed by atoms with Crippen LogP contribution in [-0.4, -0.2) is 84.8 Å². The maximum Gasteiger partial charge on any atom is 0.509 e. The fourth-order valence-corrected chi connectivity index (χ4v) is 4.32. The fourth-order valence-electron chi connectivity index (χ4n) is 4.14. The predicted molar refractivity (Wildman–Crippen MR) is 146 cm³/mol. The lowest BCUT2D eigenvalue weighted by molar-refractivity contribution is -0.0680. The van der Waals surface area contributed by atoms with E-state index >= 15 is 4.39 Å². The van der Waals surface area contributed by atoms with Gasteiger partial charge in [-0.1, -0.05) is 0 Å². The molecule has 3 rings (SSSR count). The molecule has 0 saturated carbocycles. The summed E-state index contributed by atoms with van der Waals surface area (Å²) in [6.07, 6.45) is -9.90. The Morgan fingerprint density at radius 2 is 1.67 bits per heavy atom. The van der Waals surface area contributed by atoms with Crippen molar-refractivity contribution in [1.29, 1.82) is 0 Å². The lowest BCUT2D eigenvalue weighted by Gasteiger charge is -2.23. The lowest BCUT2D eigenvalue weighted by atomic mass is 10.0. The molecule has 1 fully saturated rings. The molecule has 234 valence electrons. The van der Waals surface area contributed by atoms with Crippen LogP contribution in [0, 0.1) is 0 Å². The molecule has 2 aromatic rings. The number of rotatable bonds is 7. The van der Waals surface area contributed by atoms with Crippen LogP contribution in [0.25, 0.3) is 11.2 Å². The number of carbonyl (C=O) groups excluding carboxylic acids is 3. The molecule has 0 radical (unpaired) electrons. The summed E-state index contributed by atoms with van der Waals surface area (Å²) in [7, 11) is 0. The van der Waals surface area contributed by atoms with Crippen LogP contribution in [0.3, 0.4) is 0 Å². The van der Waals surface area contributed by atoms with Crippen molar-refractivity contribution in [3.8, 4) is 0 Å². The maximum atomic E-state index is 16.1. The first-order valence-electron chi connectivity index (χ1n) is 12.9. The number of ether oxygens (including phenoxy) is 5. The number of imidazole rings is 1. The molecule has 1 aliphatic rings. The molecule has 1 aliphatic heterocycles. The number of anilines is 1. The van der Waals surface area contributed by atoms with Crippen molar-refractivity contribution in [2.24, 2.45) is 5.73 Å². The van der Waals surface area contributed by atoms with Crippen molar-refractivity contribution in [2.75, 3.05) is 11.9 Å². The van der Waals surface area contributed by atoms with Crippen LogP contribution in [0.15, 0.2) is 0 Å². The van der Waals surface area contributed by atoms with E-state index in [9.17, 15) is 19.5 Å². The molecule has 0 spiro atoms. The highest BCUT2D eigenvalue weighted by Crippen LogP contribution is 2.39. The summed E-state index contributed by atoms with van der Waals surface area (Å²) in [5, 5.41) is 12.1. The fraction of sp³-hybridized carbons (Fsp3) is 0.680. The predicted octanol–water partition coefficient (Wildman–Crippen LogP) is 3.79. The van der Waals surface area contributed by atoms with Crippen molar-refractivity contribution >= 4 is 47.1 Å². The van der Waals surface area contributed by atoms with Crippen LogP contribution < -0.4 is 11.1 Å². The molecule has 2 aromatic heterocycles. The molecule has 17 heteroatoms. The van der Waals surface area contributed by atoms with E-state index in [-0.39, 0.29) is 34.5 Å². The largest absolute Gasteiger partial charge is 0.509 e. The number of aliphatic hydroxyl groups excluding tert-OH is 1. The Hall–Kier alpha value is -3.50. The number of fused-ring (bicyclic) bond motifs is 1. The van der Waals surface area contributed by atoms with Gasteiger partial charge in [0.1, 0.15) is 28.4 Å². The lowest BCUT2D eigenvalue weighted by Crippen LogP contribution is -2.38. The normalized spacial score (nSPS) is 21.2. The summed E-state index contributed by atoms with van der Waals surface area (Å²) in [5.74, 6) is -0.284. The summed E-state index contributed by atoms with van der Waals surface area (Å²) in [6, 6.07) is 0.